The molecule has 1 aromatic heterocycles. The summed E-state index contributed by atoms with van der Waals surface area (Å²) in [6, 6.07) is 17.0. The van der Waals surface area contributed by atoms with Crippen LogP contribution in [0.1, 0.15) is 73.9 Å². The lowest BCUT2D eigenvalue weighted by Crippen LogP contribution is -2.28. The predicted molar refractivity (Wildman–Crippen MR) is 155 cm³/mol. The first kappa shape index (κ1) is 27.9. The first-order valence-corrected chi connectivity index (χ1v) is 14.5. The third kappa shape index (κ3) is 7.94. The first-order chi connectivity index (χ1) is 18.7. The maximum Gasteiger partial charge on any atom is 0.161 e. The summed E-state index contributed by atoms with van der Waals surface area (Å²) in [4.78, 5) is 2.54. The van der Waals surface area contributed by atoms with Gasteiger partial charge in [0.25, 0.3) is 0 Å². The highest BCUT2D eigenvalue weighted by Gasteiger charge is 2.18. The summed E-state index contributed by atoms with van der Waals surface area (Å²) in [5, 5.41) is 9.02. The minimum Gasteiger partial charge on any atom is -0.486 e. The standard InChI is InChI=1S/C32H44N4O2/c1-3-5-14-27-28(32(33)35-34-29(27)15-10-13-25-11-8-7-9-12-25)18-20-36(19-6-4-2)24-26-16-17-30-31(23-26)38-22-21-37-30/h7-9,11-12,16-17,23H,3-6,10,13-15,18-22,24H2,1-2H3,(H2,33,35). The van der Waals surface area contributed by atoms with E-state index in [9.17, 15) is 0 Å². The Morgan fingerprint density at radius 3 is 2.32 bits per heavy atom. The number of nitrogens with two attached hydrogens (primary N) is 1. The van der Waals surface area contributed by atoms with Gasteiger partial charge in [-0.2, -0.15) is 5.10 Å². The summed E-state index contributed by atoms with van der Waals surface area (Å²) >= 11 is 0. The molecule has 3 aromatic rings. The summed E-state index contributed by atoms with van der Waals surface area (Å²) in [5.74, 6) is 2.29. The van der Waals surface area contributed by atoms with Gasteiger partial charge in [0.05, 0.1) is 5.69 Å². The molecule has 0 unspecified atom stereocenters. The summed E-state index contributed by atoms with van der Waals surface area (Å²) in [6.45, 7) is 8.58. The molecule has 1 aliphatic rings. The number of rotatable bonds is 15. The molecule has 0 amide bonds. The van der Waals surface area contributed by atoms with E-state index in [1.54, 1.807) is 0 Å². The van der Waals surface area contributed by atoms with E-state index in [1.807, 2.05) is 6.07 Å². The quantitative estimate of drug-likeness (QED) is 0.260. The van der Waals surface area contributed by atoms with Crippen LogP contribution in [0.3, 0.4) is 0 Å². The second-order valence-electron chi connectivity index (χ2n) is 10.3. The van der Waals surface area contributed by atoms with Gasteiger partial charge in [0.2, 0.25) is 0 Å². The smallest absolute Gasteiger partial charge is 0.161 e. The van der Waals surface area contributed by atoms with E-state index < -0.39 is 0 Å². The molecule has 0 spiro atoms. The first-order valence-electron chi connectivity index (χ1n) is 14.5. The molecule has 4 rings (SSSR count). The van der Waals surface area contributed by atoms with Crippen molar-refractivity contribution in [3.05, 3.63) is 76.5 Å². The van der Waals surface area contributed by atoms with Gasteiger partial charge in [-0.25, -0.2) is 0 Å². The second kappa shape index (κ2) is 14.7. The molecule has 0 bridgehead atoms. The van der Waals surface area contributed by atoms with Crippen LogP contribution in [-0.4, -0.2) is 41.4 Å². The highest BCUT2D eigenvalue weighted by Crippen LogP contribution is 2.31. The number of nitrogen functional groups attached to an aromatic ring is 1. The van der Waals surface area contributed by atoms with Crippen molar-refractivity contribution in [3.63, 3.8) is 0 Å². The Balaban J connectivity index is 1.46. The number of ether oxygens (including phenoxy) is 2. The van der Waals surface area contributed by atoms with Gasteiger partial charge < -0.3 is 15.2 Å². The maximum atomic E-state index is 6.47. The van der Waals surface area contributed by atoms with Gasteiger partial charge in [-0.15, -0.1) is 5.10 Å². The van der Waals surface area contributed by atoms with Crippen molar-refractivity contribution in [1.82, 2.24) is 15.1 Å². The number of aromatic nitrogens is 2. The van der Waals surface area contributed by atoms with Crippen molar-refractivity contribution in [1.29, 1.82) is 0 Å². The Labute approximate surface area is 228 Å². The van der Waals surface area contributed by atoms with Crippen LogP contribution in [0.2, 0.25) is 0 Å². The fourth-order valence-electron chi connectivity index (χ4n) is 5.16. The average Bonchev–Trinajstić information content (AvgIpc) is 2.95. The number of hydrogen-bond acceptors (Lipinski definition) is 6. The number of fused-ring (bicyclic) bond motifs is 1. The Bertz CT molecular complexity index is 1140. The van der Waals surface area contributed by atoms with Crippen molar-refractivity contribution >= 4 is 5.82 Å². The van der Waals surface area contributed by atoms with Gasteiger partial charge >= 0.3 is 0 Å². The van der Waals surface area contributed by atoms with Crippen LogP contribution in [0.5, 0.6) is 11.5 Å². The molecular weight excluding hydrogens is 472 g/mol. The van der Waals surface area contributed by atoms with Gasteiger partial charge in [-0.05, 0) is 80.3 Å². The number of anilines is 1. The Morgan fingerprint density at radius 2 is 1.53 bits per heavy atom. The lowest BCUT2D eigenvalue weighted by Gasteiger charge is -2.25. The van der Waals surface area contributed by atoms with E-state index >= 15 is 0 Å². The van der Waals surface area contributed by atoms with E-state index in [-0.39, 0.29) is 0 Å². The van der Waals surface area contributed by atoms with Crippen molar-refractivity contribution in [2.75, 3.05) is 32.0 Å². The van der Waals surface area contributed by atoms with Crippen LogP contribution in [0, 0.1) is 0 Å². The molecule has 2 aromatic carbocycles. The topological polar surface area (TPSA) is 73.5 Å². The van der Waals surface area contributed by atoms with E-state index in [0.717, 1.165) is 81.8 Å². The highest BCUT2D eigenvalue weighted by molar-refractivity contribution is 5.46. The van der Waals surface area contributed by atoms with Gasteiger partial charge in [-0.3, -0.25) is 4.90 Å². The lowest BCUT2D eigenvalue weighted by molar-refractivity contribution is 0.171. The third-order valence-corrected chi connectivity index (χ3v) is 7.32. The largest absolute Gasteiger partial charge is 0.486 e. The van der Waals surface area contributed by atoms with Gasteiger partial charge in [0.15, 0.2) is 11.5 Å². The molecule has 38 heavy (non-hydrogen) atoms. The number of nitrogens with zero attached hydrogens (tertiary/aromatic N) is 3. The molecule has 0 fully saturated rings. The Kier molecular flexibility index (Phi) is 10.8. The SMILES string of the molecule is CCCCc1c(CCCc2ccccc2)nnc(N)c1CCN(CCCC)Cc1ccc2c(c1)OCCO2. The highest BCUT2D eigenvalue weighted by atomic mass is 16.6. The number of aryl methyl sites for hydroxylation is 2. The predicted octanol–water partition coefficient (Wildman–Crippen LogP) is 6.19. The van der Waals surface area contributed by atoms with Crippen molar-refractivity contribution in [2.24, 2.45) is 0 Å². The van der Waals surface area contributed by atoms with E-state index in [0.29, 0.717) is 19.0 Å². The fourth-order valence-corrected chi connectivity index (χ4v) is 5.16. The molecule has 0 aliphatic carbocycles. The average molecular weight is 517 g/mol. The number of hydrogen-bond donors (Lipinski definition) is 1. The van der Waals surface area contributed by atoms with E-state index in [2.05, 4.69) is 71.4 Å². The normalized spacial score (nSPS) is 12.7. The van der Waals surface area contributed by atoms with Gasteiger partial charge in [-0.1, -0.05) is 63.1 Å². The van der Waals surface area contributed by atoms with Crippen LogP contribution < -0.4 is 15.2 Å². The number of benzene rings is 2. The minimum atomic E-state index is 0.595. The molecule has 0 saturated heterocycles. The van der Waals surface area contributed by atoms with Crippen molar-refractivity contribution in [2.45, 2.75) is 78.2 Å². The Morgan fingerprint density at radius 1 is 0.737 bits per heavy atom. The molecule has 204 valence electrons. The van der Waals surface area contributed by atoms with Crippen molar-refractivity contribution < 1.29 is 9.47 Å². The monoisotopic (exact) mass is 516 g/mol. The van der Waals surface area contributed by atoms with Crippen LogP contribution in [0.25, 0.3) is 0 Å². The summed E-state index contributed by atoms with van der Waals surface area (Å²) in [6.07, 6.45) is 9.59. The molecule has 6 nitrogen and oxygen atoms in total. The van der Waals surface area contributed by atoms with E-state index in [4.69, 9.17) is 15.2 Å². The fraction of sp³-hybridized carbons (Fsp3) is 0.500. The van der Waals surface area contributed by atoms with Gasteiger partial charge in [0.1, 0.15) is 19.0 Å². The minimum absolute atomic E-state index is 0.595. The zero-order valence-corrected chi connectivity index (χ0v) is 23.3. The van der Waals surface area contributed by atoms with E-state index in [1.165, 1.54) is 35.1 Å². The van der Waals surface area contributed by atoms with Crippen LogP contribution in [0.15, 0.2) is 48.5 Å². The number of unbranched alkanes of at least 4 members (excludes halogenated alkanes) is 2. The summed E-state index contributed by atoms with van der Waals surface area (Å²) in [5.41, 5.74) is 12.8. The molecular formula is C32H44N4O2. The second-order valence-corrected chi connectivity index (χ2v) is 10.3. The lowest BCUT2D eigenvalue weighted by atomic mass is 9.95. The van der Waals surface area contributed by atoms with Crippen LogP contribution in [-0.2, 0) is 32.2 Å². The Hall–Kier alpha value is -3.12. The van der Waals surface area contributed by atoms with Crippen LogP contribution in [0.4, 0.5) is 5.82 Å². The van der Waals surface area contributed by atoms with Crippen LogP contribution >= 0.6 is 0 Å². The third-order valence-electron chi connectivity index (χ3n) is 7.32. The molecule has 1 aliphatic heterocycles. The molecule has 0 saturated carbocycles. The molecule has 6 heteroatoms. The summed E-state index contributed by atoms with van der Waals surface area (Å²) in [7, 11) is 0. The van der Waals surface area contributed by atoms with Crippen molar-refractivity contribution in [3.8, 4) is 11.5 Å². The maximum absolute atomic E-state index is 6.47. The molecule has 2 N–H and O–H groups in total. The zero-order valence-electron chi connectivity index (χ0n) is 23.3. The molecule has 2 heterocycles. The molecule has 0 radical (unpaired) electrons. The summed E-state index contributed by atoms with van der Waals surface area (Å²) < 4.78 is 11.5. The zero-order chi connectivity index (χ0) is 26.6. The molecule has 0 atom stereocenters. The van der Waals surface area contributed by atoms with Gasteiger partial charge in [0, 0.05) is 18.7 Å².